The van der Waals surface area contributed by atoms with Crippen molar-refractivity contribution in [2.75, 3.05) is 31.6 Å². The lowest BCUT2D eigenvalue weighted by Crippen LogP contribution is -2.47. The van der Waals surface area contributed by atoms with E-state index in [9.17, 15) is 4.79 Å². The summed E-state index contributed by atoms with van der Waals surface area (Å²) in [5.74, 6) is 0.603. The number of piperidine rings is 1. The lowest BCUT2D eigenvalue weighted by Gasteiger charge is -2.37. The first-order chi connectivity index (χ1) is 12.6. The van der Waals surface area contributed by atoms with Gasteiger partial charge in [0, 0.05) is 37.7 Å². The van der Waals surface area contributed by atoms with Gasteiger partial charge >= 0.3 is 0 Å². The van der Waals surface area contributed by atoms with Crippen LogP contribution < -0.4 is 5.32 Å². The Bertz CT molecular complexity index is 781. The second-order valence-electron chi connectivity index (χ2n) is 6.58. The third kappa shape index (κ3) is 3.54. The number of nitrogens with zero attached hydrogens (tertiary/aromatic N) is 3. The number of nitrogens with one attached hydrogen (secondary N) is 1. The first-order valence-corrected chi connectivity index (χ1v) is 8.89. The van der Waals surface area contributed by atoms with Gasteiger partial charge in [-0.15, -0.1) is 0 Å². The quantitative estimate of drug-likeness (QED) is 0.913. The summed E-state index contributed by atoms with van der Waals surface area (Å²) in [5.41, 5.74) is 1.32. The molecule has 0 bridgehead atoms. The molecule has 136 valence electrons. The first kappa shape index (κ1) is 16.9. The molecule has 1 N–H and O–H groups in total. The highest BCUT2D eigenvalue weighted by atomic mass is 16.7. The molecule has 1 aromatic carbocycles. The number of likely N-dealkylation sites (tertiary alicyclic amines) is 1. The number of amides is 1. The largest absolute Gasteiger partial charge is 0.347 e. The molecule has 1 aromatic heterocycles. The Morgan fingerprint density at radius 2 is 1.81 bits per heavy atom. The number of aromatic nitrogens is 2. The molecule has 0 radical (unpaired) electrons. The summed E-state index contributed by atoms with van der Waals surface area (Å²) in [7, 11) is 0. The summed E-state index contributed by atoms with van der Waals surface area (Å²) in [6.45, 7) is 4.26. The number of anilines is 2. The van der Waals surface area contributed by atoms with Crippen LogP contribution in [-0.4, -0.2) is 52.9 Å². The van der Waals surface area contributed by atoms with Gasteiger partial charge in [-0.2, -0.15) is 0 Å². The minimum Gasteiger partial charge on any atom is -0.347 e. The van der Waals surface area contributed by atoms with Crippen LogP contribution >= 0.6 is 0 Å². The molecule has 4 rings (SSSR count). The van der Waals surface area contributed by atoms with Crippen LogP contribution in [0, 0.1) is 6.92 Å². The molecule has 2 aliphatic rings. The summed E-state index contributed by atoms with van der Waals surface area (Å²) in [6.07, 6.45) is 1.38. The van der Waals surface area contributed by atoms with Crippen molar-refractivity contribution in [3.8, 4) is 0 Å². The monoisotopic (exact) mass is 354 g/mol. The molecular weight excluding hydrogens is 332 g/mol. The number of hydrogen-bond donors (Lipinski definition) is 1. The Labute approximate surface area is 152 Å². The fourth-order valence-corrected chi connectivity index (χ4v) is 3.41. The maximum absolute atomic E-state index is 12.9. The number of carbonyl (C=O) groups is 1. The van der Waals surface area contributed by atoms with E-state index in [4.69, 9.17) is 9.47 Å². The topological polar surface area (TPSA) is 76.6 Å². The fraction of sp³-hybridized carbons (Fsp3) is 0.421. The van der Waals surface area contributed by atoms with Gasteiger partial charge in [-0.05, 0) is 19.1 Å². The van der Waals surface area contributed by atoms with E-state index in [0.717, 1.165) is 5.69 Å². The predicted octanol–water partition coefficient (Wildman–Crippen LogP) is 2.51. The normalized spacial score (nSPS) is 18.9. The zero-order valence-corrected chi connectivity index (χ0v) is 14.8. The van der Waals surface area contributed by atoms with Crippen LogP contribution in [0.4, 0.5) is 11.5 Å². The SMILES string of the molecule is Cc1nc(Nc2ccccc2)cc(C(=O)N2CCC3(CC2)OCCO3)n1. The fourth-order valence-electron chi connectivity index (χ4n) is 3.41. The summed E-state index contributed by atoms with van der Waals surface area (Å²) in [5, 5.41) is 3.22. The molecule has 0 aliphatic carbocycles. The molecule has 1 spiro atoms. The Morgan fingerprint density at radius 1 is 1.12 bits per heavy atom. The van der Waals surface area contributed by atoms with Gasteiger partial charge in [0.2, 0.25) is 0 Å². The molecule has 7 nitrogen and oxygen atoms in total. The van der Waals surface area contributed by atoms with Crippen LogP contribution in [0.1, 0.15) is 29.2 Å². The number of ether oxygens (including phenoxy) is 2. The van der Waals surface area contributed by atoms with Crippen LogP contribution in [0.5, 0.6) is 0 Å². The third-order valence-electron chi connectivity index (χ3n) is 4.73. The minimum absolute atomic E-state index is 0.0838. The second-order valence-corrected chi connectivity index (χ2v) is 6.58. The summed E-state index contributed by atoms with van der Waals surface area (Å²) >= 11 is 0. The van der Waals surface area contributed by atoms with E-state index in [1.54, 1.807) is 13.0 Å². The summed E-state index contributed by atoms with van der Waals surface area (Å²) < 4.78 is 11.4. The van der Waals surface area contributed by atoms with Crippen molar-refractivity contribution in [1.82, 2.24) is 14.9 Å². The molecule has 0 atom stereocenters. The lowest BCUT2D eigenvalue weighted by molar-refractivity contribution is -0.181. The Hall–Kier alpha value is -2.51. The van der Waals surface area contributed by atoms with E-state index in [-0.39, 0.29) is 5.91 Å². The standard InChI is InChI=1S/C19H22N4O3/c1-14-20-16(13-17(21-14)22-15-5-3-2-4-6-15)18(24)23-9-7-19(8-10-23)25-11-12-26-19/h2-6,13H,7-12H2,1H3,(H,20,21,22). The van der Waals surface area contributed by atoms with Crippen molar-refractivity contribution in [1.29, 1.82) is 0 Å². The van der Waals surface area contributed by atoms with Gasteiger partial charge in [-0.25, -0.2) is 9.97 Å². The van der Waals surface area contributed by atoms with Crippen molar-refractivity contribution < 1.29 is 14.3 Å². The van der Waals surface area contributed by atoms with E-state index in [1.807, 2.05) is 35.2 Å². The van der Waals surface area contributed by atoms with Crippen LogP contribution in [0.25, 0.3) is 0 Å². The van der Waals surface area contributed by atoms with Crippen LogP contribution in [0.3, 0.4) is 0 Å². The molecule has 7 heteroatoms. The molecule has 2 aliphatic heterocycles. The predicted molar refractivity (Wildman–Crippen MR) is 96.3 cm³/mol. The van der Waals surface area contributed by atoms with E-state index >= 15 is 0 Å². The summed E-state index contributed by atoms with van der Waals surface area (Å²) in [4.78, 5) is 23.4. The van der Waals surface area contributed by atoms with E-state index in [2.05, 4.69) is 15.3 Å². The first-order valence-electron chi connectivity index (χ1n) is 8.89. The average Bonchev–Trinajstić information content (AvgIpc) is 3.10. The van der Waals surface area contributed by atoms with E-state index in [1.165, 1.54) is 0 Å². The number of para-hydroxylation sites is 1. The van der Waals surface area contributed by atoms with Crippen molar-refractivity contribution in [2.24, 2.45) is 0 Å². The average molecular weight is 354 g/mol. The van der Waals surface area contributed by atoms with Gasteiger partial charge < -0.3 is 19.7 Å². The molecule has 26 heavy (non-hydrogen) atoms. The third-order valence-corrected chi connectivity index (χ3v) is 4.73. The number of benzene rings is 1. The molecule has 1 amide bonds. The number of rotatable bonds is 3. The summed E-state index contributed by atoms with van der Waals surface area (Å²) in [6, 6.07) is 11.4. The van der Waals surface area contributed by atoms with E-state index < -0.39 is 5.79 Å². The Kier molecular flexibility index (Phi) is 4.57. The van der Waals surface area contributed by atoms with Crippen molar-refractivity contribution in [3.63, 3.8) is 0 Å². The molecule has 2 fully saturated rings. The van der Waals surface area contributed by atoms with Gasteiger partial charge in [0.05, 0.1) is 13.2 Å². The maximum atomic E-state index is 12.9. The van der Waals surface area contributed by atoms with Gasteiger partial charge in [0.25, 0.3) is 5.91 Å². The molecule has 3 heterocycles. The van der Waals surface area contributed by atoms with Gasteiger partial charge in [-0.3, -0.25) is 4.79 Å². The van der Waals surface area contributed by atoms with Crippen molar-refractivity contribution in [2.45, 2.75) is 25.6 Å². The van der Waals surface area contributed by atoms with E-state index in [0.29, 0.717) is 56.5 Å². The highest BCUT2D eigenvalue weighted by molar-refractivity contribution is 5.93. The van der Waals surface area contributed by atoms with Gasteiger partial charge in [0.15, 0.2) is 5.79 Å². The number of aryl methyl sites for hydroxylation is 1. The van der Waals surface area contributed by atoms with Crippen LogP contribution in [0.15, 0.2) is 36.4 Å². The zero-order valence-electron chi connectivity index (χ0n) is 14.8. The van der Waals surface area contributed by atoms with Gasteiger partial charge in [-0.1, -0.05) is 18.2 Å². The smallest absolute Gasteiger partial charge is 0.272 e. The molecule has 2 saturated heterocycles. The second kappa shape index (κ2) is 7.01. The number of carbonyl (C=O) groups excluding carboxylic acids is 1. The van der Waals surface area contributed by atoms with Gasteiger partial charge in [0.1, 0.15) is 17.3 Å². The Morgan fingerprint density at radius 3 is 2.50 bits per heavy atom. The van der Waals surface area contributed by atoms with Crippen molar-refractivity contribution in [3.05, 3.63) is 47.9 Å². The molecule has 2 aromatic rings. The number of hydrogen-bond acceptors (Lipinski definition) is 6. The highest BCUT2D eigenvalue weighted by Gasteiger charge is 2.41. The van der Waals surface area contributed by atoms with Crippen LogP contribution in [0.2, 0.25) is 0 Å². The minimum atomic E-state index is -0.488. The molecule has 0 saturated carbocycles. The van der Waals surface area contributed by atoms with Crippen molar-refractivity contribution >= 4 is 17.4 Å². The molecule has 0 unspecified atom stereocenters. The zero-order chi connectivity index (χ0) is 18.0. The highest BCUT2D eigenvalue weighted by Crippen LogP contribution is 2.31. The Balaban J connectivity index is 1.47. The maximum Gasteiger partial charge on any atom is 0.272 e. The lowest BCUT2D eigenvalue weighted by atomic mass is 10.0. The van der Waals surface area contributed by atoms with Crippen LogP contribution in [-0.2, 0) is 9.47 Å². The molecular formula is C19H22N4O3.